The monoisotopic (exact) mass is 299 g/mol. The molecule has 0 radical (unpaired) electrons. The molecule has 2 nitrogen and oxygen atoms in total. The molecule has 1 heterocycles. The summed E-state index contributed by atoms with van der Waals surface area (Å²) in [5.74, 6) is 2.56. The van der Waals surface area contributed by atoms with Gasteiger partial charge < -0.3 is 10.5 Å². The summed E-state index contributed by atoms with van der Waals surface area (Å²) in [6.45, 7) is 4.82. The summed E-state index contributed by atoms with van der Waals surface area (Å²) in [5, 5.41) is 0. The van der Waals surface area contributed by atoms with Crippen molar-refractivity contribution in [3.63, 3.8) is 0 Å². The number of hydrogen-bond acceptors (Lipinski definition) is 3. The Morgan fingerprint density at radius 1 is 1.29 bits per heavy atom. The van der Waals surface area contributed by atoms with Gasteiger partial charge in [0, 0.05) is 22.6 Å². The largest absolute Gasteiger partial charge is 0.493 e. The van der Waals surface area contributed by atoms with Crippen LogP contribution in [0.3, 0.4) is 0 Å². The van der Waals surface area contributed by atoms with Crippen molar-refractivity contribution >= 4 is 11.8 Å². The molecule has 0 saturated heterocycles. The smallest absolute Gasteiger partial charge is 0.122 e. The van der Waals surface area contributed by atoms with Gasteiger partial charge in [-0.2, -0.15) is 0 Å². The highest BCUT2D eigenvalue weighted by atomic mass is 32.2. The molecule has 0 fully saturated rings. The number of hydrogen-bond donors (Lipinski definition) is 1. The Hall–Kier alpha value is -1.45. The van der Waals surface area contributed by atoms with Crippen molar-refractivity contribution in [2.45, 2.75) is 30.7 Å². The molecule has 0 saturated carbocycles. The zero-order valence-electron chi connectivity index (χ0n) is 12.5. The Kier molecular flexibility index (Phi) is 4.22. The first-order chi connectivity index (χ1) is 10.1. The van der Waals surface area contributed by atoms with Crippen molar-refractivity contribution in [2.75, 3.05) is 12.4 Å². The van der Waals surface area contributed by atoms with Gasteiger partial charge in [0.25, 0.3) is 0 Å². The lowest BCUT2D eigenvalue weighted by molar-refractivity contribution is 0.296. The van der Waals surface area contributed by atoms with Crippen LogP contribution in [0.4, 0.5) is 0 Å². The second-order valence-electron chi connectivity index (χ2n) is 5.67. The molecule has 0 bridgehead atoms. The van der Waals surface area contributed by atoms with E-state index in [1.807, 2.05) is 24.8 Å². The van der Waals surface area contributed by atoms with Gasteiger partial charge >= 0.3 is 0 Å². The molecule has 1 aliphatic heterocycles. The maximum absolute atomic E-state index is 6.06. The quantitative estimate of drug-likeness (QED) is 0.915. The van der Waals surface area contributed by atoms with Gasteiger partial charge in [-0.3, -0.25) is 0 Å². The van der Waals surface area contributed by atoms with Crippen molar-refractivity contribution in [1.82, 2.24) is 0 Å². The molecule has 2 atom stereocenters. The highest BCUT2D eigenvalue weighted by Crippen LogP contribution is 2.39. The summed E-state index contributed by atoms with van der Waals surface area (Å²) in [6.07, 6.45) is 0. The van der Waals surface area contributed by atoms with Crippen LogP contribution in [0.25, 0.3) is 0 Å². The van der Waals surface area contributed by atoms with E-state index < -0.39 is 0 Å². The molecule has 110 valence electrons. The van der Waals surface area contributed by atoms with Crippen LogP contribution in [0.1, 0.15) is 35.6 Å². The van der Waals surface area contributed by atoms with Gasteiger partial charge in [-0.1, -0.05) is 30.3 Å². The van der Waals surface area contributed by atoms with E-state index in [0.717, 1.165) is 29.2 Å². The third kappa shape index (κ3) is 3.09. The molecule has 0 aromatic heterocycles. The first-order valence-corrected chi connectivity index (χ1v) is 8.34. The highest BCUT2D eigenvalue weighted by Gasteiger charge is 2.23. The Morgan fingerprint density at radius 2 is 2.10 bits per heavy atom. The number of fused-ring (bicyclic) bond motifs is 1. The lowest BCUT2D eigenvalue weighted by Gasteiger charge is -2.15. The number of aryl methyl sites for hydroxylation is 1. The molecule has 2 aromatic carbocycles. The van der Waals surface area contributed by atoms with E-state index in [-0.39, 0.29) is 6.04 Å². The van der Waals surface area contributed by atoms with Crippen molar-refractivity contribution in [3.05, 3.63) is 59.2 Å². The summed E-state index contributed by atoms with van der Waals surface area (Å²) in [6, 6.07) is 14.9. The van der Waals surface area contributed by atoms with Gasteiger partial charge in [0.15, 0.2) is 0 Å². The standard InChI is InChI=1S/C18H21NOS/c1-12-9-14(13(2)19)7-8-17(12)20-10-15-11-21-18-6-4-3-5-16(15)18/h3-9,13,15H,10-11,19H2,1-2H3/t13-,15?/m1/s1. The number of nitrogens with two attached hydrogens (primary N) is 1. The lowest BCUT2D eigenvalue weighted by atomic mass is 10.0. The van der Waals surface area contributed by atoms with Crippen LogP contribution in [-0.2, 0) is 0 Å². The van der Waals surface area contributed by atoms with Crippen molar-refractivity contribution in [2.24, 2.45) is 5.73 Å². The van der Waals surface area contributed by atoms with Crippen LogP contribution >= 0.6 is 11.8 Å². The van der Waals surface area contributed by atoms with Gasteiger partial charge in [0.2, 0.25) is 0 Å². The van der Waals surface area contributed by atoms with E-state index in [9.17, 15) is 0 Å². The Bertz CT molecular complexity index is 639. The molecule has 21 heavy (non-hydrogen) atoms. The van der Waals surface area contributed by atoms with Crippen LogP contribution < -0.4 is 10.5 Å². The van der Waals surface area contributed by atoms with E-state index in [2.05, 4.69) is 43.3 Å². The second-order valence-corrected chi connectivity index (χ2v) is 6.73. The van der Waals surface area contributed by atoms with Gasteiger partial charge in [0.05, 0.1) is 6.61 Å². The maximum atomic E-state index is 6.06. The van der Waals surface area contributed by atoms with Crippen molar-refractivity contribution < 1.29 is 4.74 Å². The molecule has 2 aromatic rings. The minimum Gasteiger partial charge on any atom is -0.493 e. The second kappa shape index (κ2) is 6.12. The first-order valence-electron chi connectivity index (χ1n) is 7.36. The predicted octanol–water partition coefficient (Wildman–Crippen LogP) is 4.28. The average Bonchev–Trinajstić information content (AvgIpc) is 2.89. The number of ether oxygens (including phenoxy) is 1. The summed E-state index contributed by atoms with van der Waals surface area (Å²) in [4.78, 5) is 1.40. The Labute approximate surface area is 130 Å². The van der Waals surface area contributed by atoms with Gasteiger partial charge in [-0.15, -0.1) is 11.8 Å². The average molecular weight is 299 g/mol. The third-order valence-electron chi connectivity index (χ3n) is 3.96. The zero-order valence-corrected chi connectivity index (χ0v) is 13.3. The number of benzene rings is 2. The van der Waals surface area contributed by atoms with Crippen LogP contribution in [0.5, 0.6) is 5.75 Å². The van der Waals surface area contributed by atoms with Crippen molar-refractivity contribution in [1.29, 1.82) is 0 Å². The molecule has 3 rings (SSSR count). The minimum atomic E-state index is 0.0656. The summed E-state index contributed by atoms with van der Waals surface area (Å²) >= 11 is 1.93. The molecular weight excluding hydrogens is 278 g/mol. The van der Waals surface area contributed by atoms with Crippen LogP contribution in [-0.4, -0.2) is 12.4 Å². The summed E-state index contributed by atoms with van der Waals surface area (Å²) < 4.78 is 6.06. The van der Waals surface area contributed by atoms with E-state index in [1.54, 1.807) is 0 Å². The number of rotatable bonds is 4. The van der Waals surface area contributed by atoms with Crippen molar-refractivity contribution in [3.8, 4) is 5.75 Å². The zero-order chi connectivity index (χ0) is 14.8. The third-order valence-corrected chi connectivity index (χ3v) is 5.22. The molecule has 1 unspecified atom stereocenters. The Balaban J connectivity index is 1.69. The fourth-order valence-electron chi connectivity index (χ4n) is 2.68. The van der Waals surface area contributed by atoms with Gasteiger partial charge in [-0.25, -0.2) is 0 Å². The lowest BCUT2D eigenvalue weighted by Crippen LogP contribution is -2.11. The fourth-order valence-corrected chi connectivity index (χ4v) is 3.91. The fraction of sp³-hybridized carbons (Fsp3) is 0.333. The molecule has 2 N–H and O–H groups in total. The summed E-state index contributed by atoms with van der Waals surface area (Å²) in [7, 11) is 0. The number of thioether (sulfide) groups is 1. The maximum Gasteiger partial charge on any atom is 0.122 e. The van der Waals surface area contributed by atoms with E-state index in [0.29, 0.717) is 5.92 Å². The van der Waals surface area contributed by atoms with Crippen LogP contribution in [0, 0.1) is 6.92 Å². The van der Waals surface area contributed by atoms with Crippen LogP contribution in [0.15, 0.2) is 47.4 Å². The molecule has 0 spiro atoms. The van der Waals surface area contributed by atoms with Crippen LogP contribution in [0.2, 0.25) is 0 Å². The Morgan fingerprint density at radius 3 is 2.86 bits per heavy atom. The molecule has 0 amide bonds. The van der Waals surface area contributed by atoms with E-state index >= 15 is 0 Å². The molecular formula is C18H21NOS. The van der Waals surface area contributed by atoms with E-state index in [1.165, 1.54) is 10.5 Å². The highest BCUT2D eigenvalue weighted by molar-refractivity contribution is 7.99. The van der Waals surface area contributed by atoms with E-state index in [4.69, 9.17) is 10.5 Å². The molecule has 1 aliphatic rings. The summed E-state index contributed by atoms with van der Waals surface area (Å²) in [5.41, 5.74) is 9.65. The molecule has 0 aliphatic carbocycles. The SMILES string of the molecule is Cc1cc([C@@H](C)N)ccc1OCC1CSc2ccccc21. The topological polar surface area (TPSA) is 35.2 Å². The van der Waals surface area contributed by atoms with Gasteiger partial charge in [-0.05, 0) is 42.7 Å². The normalized spacial score (nSPS) is 18.3. The molecule has 3 heteroatoms. The van der Waals surface area contributed by atoms with Gasteiger partial charge in [0.1, 0.15) is 5.75 Å². The predicted molar refractivity (Wildman–Crippen MR) is 89.2 cm³/mol. The first kappa shape index (κ1) is 14.5. The minimum absolute atomic E-state index is 0.0656.